The monoisotopic (exact) mass is 373 g/mol. The van der Waals surface area contributed by atoms with Crippen LogP contribution in [0.1, 0.15) is 0 Å². The van der Waals surface area contributed by atoms with E-state index in [4.69, 9.17) is 0 Å². The lowest BCUT2D eigenvalue weighted by molar-refractivity contribution is 0.569. The van der Waals surface area contributed by atoms with Crippen LogP contribution in [0.4, 0.5) is 4.39 Å². The second-order valence-corrected chi connectivity index (χ2v) is 7.29. The van der Waals surface area contributed by atoms with Crippen molar-refractivity contribution in [2.24, 2.45) is 0 Å². The van der Waals surface area contributed by atoms with Crippen LogP contribution >= 0.6 is 0 Å². The van der Waals surface area contributed by atoms with Gasteiger partial charge in [0.2, 0.25) is 10.0 Å². The molecule has 0 bridgehead atoms. The van der Waals surface area contributed by atoms with Crippen molar-refractivity contribution in [1.82, 2.24) is 14.3 Å². The van der Waals surface area contributed by atoms with E-state index in [-0.39, 0.29) is 29.4 Å². The standard InChI is InChI=1S/C18H16FN3O3S/c19-15-8-6-14(7-9-15)17-12-18(23)22(13-20-17)11-10-21-26(24,25)16-4-2-1-3-5-16/h1-9,12-13,21H,10-11H2. The molecule has 0 amide bonds. The maximum atomic E-state index is 13.0. The summed E-state index contributed by atoms with van der Waals surface area (Å²) in [6.07, 6.45) is 1.35. The van der Waals surface area contributed by atoms with Gasteiger partial charge in [-0.05, 0) is 36.4 Å². The van der Waals surface area contributed by atoms with Gasteiger partial charge in [0.25, 0.3) is 5.56 Å². The number of aromatic nitrogens is 2. The number of benzene rings is 2. The second-order valence-electron chi connectivity index (χ2n) is 5.52. The third-order valence-corrected chi connectivity index (χ3v) is 5.19. The lowest BCUT2D eigenvalue weighted by Gasteiger charge is -2.09. The van der Waals surface area contributed by atoms with E-state index in [0.29, 0.717) is 11.3 Å². The van der Waals surface area contributed by atoms with Gasteiger partial charge in [-0.3, -0.25) is 9.36 Å². The van der Waals surface area contributed by atoms with Crippen molar-refractivity contribution in [3.05, 3.63) is 83.2 Å². The number of nitrogens with zero attached hydrogens (tertiary/aromatic N) is 2. The molecule has 0 saturated carbocycles. The summed E-state index contributed by atoms with van der Waals surface area (Å²) in [7, 11) is -3.62. The van der Waals surface area contributed by atoms with Crippen molar-refractivity contribution in [3.63, 3.8) is 0 Å². The first-order chi connectivity index (χ1) is 12.5. The third kappa shape index (κ3) is 4.22. The molecule has 1 N–H and O–H groups in total. The zero-order valence-corrected chi connectivity index (χ0v) is 14.5. The molecule has 1 heterocycles. The van der Waals surface area contributed by atoms with Crippen molar-refractivity contribution in [3.8, 4) is 11.3 Å². The zero-order valence-electron chi connectivity index (χ0n) is 13.7. The molecule has 0 aliphatic heterocycles. The largest absolute Gasteiger partial charge is 0.298 e. The van der Waals surface area contributed by atoms with Crippen molar-refractivity contribution < 1.29 is 12.8 Å². The van der Waals surface area contributed by atoms with Crippen molar-refractivity contribution >= 4 is 10.0 Å². The Morgan fingerprint density at radius 2 is 1.73 bits per heavy atom. The van der Waals surface area contributed by atoms with Crippen LogP contribution < -0.4 is 10.3 Å². The van der Waals surface area contributed by atoms with E-state index < -0.39 is 10.0 Å². The van der Waals surface area contributed by atoms with E-state index in [1.807, 2.05) is 0 Å². The van der Waals surface area contributed by atoms with E-state index in [1.54, 1.807) is 18.2 Å². The smallest absolute Gasteiger partial charge is 0.253 e. The number of hydrogen-bond acceptors (Lipinski definition) is 4. The van der Waals surface area contributed by atoms with E-state index in [1.165, 1.54) is 53.4 Å². The lowest BCUT2D eigenvalue weighted by Crippen LogP contribution is -2.30. The fourth-order valence-electron chi connectivity index (χ4n) is 2.36. The van der Waals surface area contributed by atoms with Crippen molar-refractivity contribution in [2.75, 3.05) is 6.54 Å². The van der Waals surface area contributed by atoms with Crippen LogP contribution in [-0.2, 0) is 16.6 Å². The van der Waals surface area contributed by atoms with Gasteiger partial charge in [-0.1, -0.05) is 18.2 Å². The highest BCUT2D eigenvalue weighted by Gasteiger charge is 2.12. The molecule has 1 aromatic heterocycles. The van der Waals surface area contributed by atoms with Crippen LogP contribution in [-0.4, -0.2) is 24.5 Å². The molecule has 0 aliphatic rings. The Kier molecular flexibility index (Phi) is 5.24. The van der Waals surface area contributed by atoms with Crippen LogP contribution in [0.25, 0.3) is 11.3 Å². The number of rotatable bonds is 6. The lowest BCUT2D eigenvalue weighted by atomic mass is 10.1. The molecule has 8 heteroatoms. The first kappa shape index (κ1) is 18.0. The van der Waals surface area contributed by atoms with Gasteiger partial charge in [0, 0.05) is 24.7 Å². The molecule has 3 aromatic rings. The molecule has 2 aromatic carbocycles. The topological polar surface area (TPSA) is 81.1 Å². The molecule has 26 heavy (non-hydrogen) atoms. The van der Waals surface area contributed by atoms with Gasteiger partial charge in [-0.15, -0.1) is 0 Å². The fraction of sp³-hybridized carbons (Fsp3) is 0.111. The van der Waals surface area contributed by atoms with Crippen LogP contribution in [0.5, 0.6) is 0 Å². The average molecular weight is 373 g/mol. The Morgan fingerprint density at radius 1 is 1.04 bits per heavy atom. The molecule has 0 unspecified atom stereocenters. The molecule has 6 nitrogen and oxygen atoms in total. The predicted molar refractivity (Wildman–Crippen MR) is 95.5 cm³/mol. The zero-order chi connectivity index (χ0) is 18.6. The second kappa shape index (κ2) is 7.59. The number of sulfonamides is 1. The van der Waals surface area contributed by atoms with Gasteiger partial charge >= 0.3 is 0 Å². The SMILES string of the molecule is O=c1cc(-c2ccc(F)cc2)ncn1CCNS(=O)(=O)c1ccccc1. The molecular weight excluding hydrogens is 357 g/mol. The number of halogens is 1. The van der Waals surface area contributed by atoms with Gasteiger partial charge in [0.1, 0.15) is 5.82 Å². The summed E-state index contributed by atoms with van der Waals surface area (Å²) < 4.78 is 41.0. The highest BCUT2D eigenvalue weighted by molar-refractivity contribution is 7.89. The molecule has 0 aliphatic carbocycles. The minimum Gasteiger partial charge on any atom is -0.298 e. The fourth-order valence-corrected chi connectivity index (χ4v) is 3.40. The average Bonchev–Trinajstić information content (AvgIpc) is 2.64. The molecule has 134 valence electrons. The van der Waals surface area contributed by atoms with E-state index in [2.05, 4.69) is 9.71 Å². The maximum Gasteiger partial charge on any atom is 0.253 e. The molecule has 3 rings (SSSR count). The van der Waals surface area contributed by atoms with E-state index in [0.717, 1.165) is 0 Å². The minimum atomic E-state index is -3.62. The summed E-state index contributed by atoms with van der Waals surface area (Å²) in [5.74, 6) is -0.368. The summed E-state index contributed by atoms with van der Waals surface area (Å²) in [6.45, 7) is 0.191. The van der Waals surface area contributed by atoms with Gasteiger partial charge < -0.3 is 0 Å². The molecule has 0 atom stereocenters. The first-order valence-corrected chi connectivity index (χ1v) is 9.31. The van der Waals surface area contributed by atoms with Gasteiger partial charge in [0.15, 0.2) is 0 Å². The van der Waals surface area contributed by atoms with Crippen molar-refractivity contribution in [2.45, 2.75) is 11.4 Å². The Hall–Kier alpha value is -2.84. The highest BCUT2D eigenvalue weighted by Crippen LogP contribution is 2.15. The molecule has 0 radical (unpaired) electrons. The highest BCUT2D eigenvalue weighted by atomic mass is 32.2. The summed E-state index contributed by atoms with van der Waals surface area (Å²) in [6, 6.07) is 15.0. The normalized spacial score (nSPS) is 11.4. The Balaban J connectivity index is 1.68. The molecule has 0 fully saturated rings. The first-order valence-electron chi connectivity index (χ1n) is 7.83. The van der Waals surface area contributed by atoms with Crippen LogP contribution in [0.15, 0.2) is 76.7 Å². The Bertz CT molecular complexity index is 1050. The van der Waals surface area contributed by atoms with Crippen LogP contribution in [0.3, 0.4) is 0 Å². The summed E-state index contributed by atoms with van der Waals surface area (Å²) in [5.41, 5.74) is 0.731. The van der Waals surface area contributed by atoms with Gasteiger partial charge in [-0.2, -0.15) is 0 Å². The van der Waals surface area contributed by atoms with E-state index >= 15 is 0 Å². The van der Waals surface area contributed by atoms with E-state index in [9.17, 15) is 17.6 Å². The van der Waals surface area contributed by atoms with Crippen molar-refractivity contribution in [1.29, 1.82) is 0 Å². The van der Waals surface area contributed by atoms with Crippen LogP contribution in [0.2, 0.25) is 0 Å². The number of hydrogen-bond donors (Lipinski definition) is 1. The van der Waals surface area contributed by atoms with Gasteiger partial charge in [-0.25, -0.2) is 22.5 Å². The summed E-state index contributed by atoms with van der Waals surface area (Å²) in [5, 5.41) is 0. The quantitative estimate of drug-likeness (QED) is 0.717. The Labute approximate surface area is 150 Å². The third-order valence-electron chi connectivity index (χ3n) is 3.72. The predicted octanol–water partition coefficient (Wildman–Crippen LogP) is 2.03. The Morgan fingerprint density at radius 3 is 2.38 bits per heavy atom. The molecule has 0 saturated heterocycles. The van der Waals surface area contributed by atoms with Crippen LogP contribution in [0, 0.1) is 5.82 Å². The molecule has 0 spiro atoms. The summed E-state index contributed by atoms with van der Waals surface area (Å²) >= 11 is 0. The number of nitrogens with one attached hydrogen (secondary N) is 1. The van der Waals surface area contributed by atoms with Gasteiger partial charge in [0.05, 0.1) is 16.9 Å². The summed E-state index contributed by atoms with van der Waals surface area (Å²) in [4.78, 5) is 16.5. The molecular formula is C18H16FN3O3S. The maximum absolute atomic E-state index is 13.0. The minimum absolute atomic E-state index is 0.0503.